The fourth-order valence-electron chi connectivity index (χ4n) is 3.25. The molecule has 4 nitrogen and oxygen atoms in total. The number of likely N-dealkylation sites (N-methyl/N-ethyl adjacent to an activating group) is 1. The van der Waals surface area contributed by atoms with Crippen LogP contribution in [0.3, 0.4) is 0 Å². The largest absolute Gasteiger partial charge is 0.480 e. The summed E-state index contributed by atoms with van der Waals surface area (Å²) in [6, 6.07) is 0. The van der Waals surface area contributed by atoms with Gasteiger partial charge in [0.15, 0.2) is 0 Å². The number of carboxylic acid groups (broad SMARTS) is 1. The lowest BCUT2D eigenvalue weighted by atomic mass is 9.84. The van der Waals surface area contributed by atoms with Crippen molar-refractivity contribution in [3.05, 3.63) is 0 Å². The fourth-order valence-corrected chi connectivity index (χ4v) is 3.25. The molecule has 2 unspecified atom stereocenters. The molecular formula is C14H28N2O2. The van der Waals surface area contributed by atoms with E-state index in [0.717, 1.165) is 51.9 Å². The van der Waals surface area contributed by atoms with Gasteiger partial charge in [0.1, 0.15) is 5.54 Å². The molecule has 1 aliphatic carbocycles. The molecule has 2 atom stereocenters. The zero-order valence-electron chi connectivity index (χ0n) is 12.0. The molecule has 0 heterocycles. The van der Waals surface area contributed by atoms with Gasteiger partial charge in [-0.2, -0.15) is 0 Å². The topological polar surface area (TPSA) is 52.6 Å². The van der Waals surface area contributed by atoms with Crippen molar-refractivity contribution in [2.45, 2.75) is 52.0 Å². The SMILES string of the molecule is CCNC1(C(=O)O)CCCC1CCN(CC)CC. The van der Waals surface area contributed by atoms with Gasteiger partial charge in [-0.05, 0) is 51.4 Å². The maximum Gasteiger partial charge on any atom is 0.324 e. The molecule has 0 aliphatic heterocycles. The molecule has 1 aliphatic rings. The van der Waals surface area contributed by atoms with Gasteiger partial charge in [0.25, 0.3) is 0 Å². The maximum atomic E-state index is 11.6. The molecule has 2 N–H and O–H groups in total. The van der Waals surface area contributed by atoms with Gasteiger partial charge in [0.2, 0.25) is 0 Å². The van der Waals surface area contributed by atoms with Crippen LogP contribution in [0.4, 0.5) is 0 Å². The summed E-state index contributed by atoms with van der Waals surface area (Å²) in [5.41, 5.74) is -0.665. The minimum atomic E-state index is -0.665. The van der Waals surface area contributed by atoms with E-state index in [2.05, 4.69) is 24.1 Å². The van der Waals surface area contributed by atoms with E-state index >= 15 is 0 Å². The van der Waals surface area contributed by atoms with E-state index in [0.29, 0.717) is 0 Å². The number of nitrogens with zero attached hydrogens (tertiary/aromatic N) is 1. The third kappa shape index (κ3) is 3.23. The standard InChI is InChI=1S/C14H28N2O2/c1-4-15-14(13(17)18)10-7-8-12(14)9-11-16(5-2)6-3/h12,15H,4-11H2,1-3H3,(H,17,18). The molecule has 0 bridgehead atoms. The highest BCUT2D eigenvalue weighted by Crippen LogP contribution is 2.38. The lowest BCUT2D eigenvalue weighted by molar-refractivity contribution is -0.146. The first-order chi connectivity index (χ1) is 8.60. The van der Waals surface area contributed by atoms with E-state index in [9.17, 15) is 9.90 Å². The molecule has 106 valence electrons. The van der Waals surface area contributed by atoms with Crippen molar-refractivity contribution in [2.75, 3.05) is 26.2 Å². The van der Waals surface area contributed by atoms with E-state index in [1.54, 1.807) is 0 Å². The Kier molecular flexibility index (Phi) is 6.09. The Morgan fingerprint density at radius 3 is 2.56 bits per heavy atom. The van der Waals surface area contributed by atoms with Crippen LogP contribution in [0.2, 0.25) is 0 Å². The molecule has 0 aromatic rings. The second-order valence-electron chi connectivity index (χ2n) is 5.21. The molecule has 18 heavy (non-hydrogen) atoms. The predicted molar refractivity (Wildman–Crippen MR) is 73.8 cm³/mol. The average molecular weight is 256 g/mol. The lowest BCUT2D eigenvalue weighted by Gasteiger charge is -2.33. The van der Waals surface area contributed by atoms with Gasteiger partial charge in [-0.1, -0.05) is 27.2 Å². The maximum absolute atomic E-state index is 11.6. The van der Waals surface area contributed by atoms with E-state index < -0.39 is 11.5 Å². The first-order valence-electron chi connectivity index (χ1n) is 7.31. The monoisotopic (exact) mass is 256 g/mol. The summed E-state index contributed by atoms with van der Waals surface area (Å²) in [6.45, 7) is 10.1. The minimum Gasteiger partial charge on any atom is -0.480 e. The van der Waals surface area contributed by atoms with Crippen molar-refractivity contribution < 1.29 is 9.90 Å². The van der Waals surface area contributed by atoms with E-state index in [1.807, 2.05) is 6.92 Å². The number of carboxylic acids is 1. The van der Waals surface area contributed by atoms with Crippen molar-refractivity contribution >= 4 is 5.97 Å². The van der Waals surface area contributed by atoms with Gasteiger partial charge in [-0.15, -0.1) is 0 Å². The van der Waals surface area contributed by atoms with Gasteiger partial charge >= 0.3 is 5.97 Å². The number of aliphatic carboxylic acids is 1. The second kappa shape index (κ2) is 7.10. The normalized spacial score (nSPS) is 27.9. The highest BCUT2D eigenvalue weighted by molar-refractivity contribution is 5.79. The Morgan fingerprint density at radius 1 is 1.39 bits per heavy atom. The lowest BCUT2D eigenvalue weighted by Crippen LogP contribution is -2.55. The van der Waals surface area contributed by atoms with Gasteiger partial charge in [0.05, 0.1) is 0 Å². The third-order valence-corrected chi connectivity index (χ3v) is 4.38. The van der Waals surface area contributed by atoms with Crippen LogP contribution in [0.5, 0.6) is 0 Å². The van der Waals surface area contributed by atoms with Crippen LogP contribution in [-0.4, -0.2) is 47.7 Å². The summed E-state index contributed by atoms with van der Waals surface area (Å²) >= 11 is 0. The Balaban J connectivity index is 2.64. The highest BCUT2D eigenvalue weighted by atomic mass is 16.4. The fraction of sp³-hybridized carbons (Fsp3) is 0.929. The van der Waals surface area contributed by atoms with Crippen molar-refractivity contribution in [3.8, 4) is 0 Å². The second-order valence-corrected chi connectivity index (χ2v) is 5.21. The van der Waals surface area contributed by atoms with Crippen LogP contribution < -0.4 is 5.32 Å². The molecule has 4 heteroatoms. The van der Waals surface area contributed by atoms with Gasteiger partial charge in [-0.3, -0.25) is 4.79 Å². The van der Waals surface area contributed by atoms with Gasteiger partial charge in [-0.25, -0.2) is 0 Å². The first kappa shape index (κ1) is 15.4. The summed E-state index contributed by atoms with van der Waals surface area (Å²) in [4.78, 5) is 14.0. The summed E-state index contributed by atoms with van der Waals surface area (Å²) in [5.74, 6) is -0.387. The highest BCUT2D eigenvalue weighted by Gasteiger charge is 2.48. The van der Waals surface area contributed by atoms with Crippen LogP contribution in [0.15, 0.2) is 0 Å². The van der Waals surface area contributed by atoms with E-state index in [-0.39, 0.29) is 5.92 Å². The Bertz CT molecular complexity index is 267. The Morgan fingerprint density at radius 2 is 2.06 bits per heavy atom. The van der Waals surface area contributed by atoms with Gasteiger partial charge in [0, 0.05) is 0 Å². The molecule has 0 spiro atoms. The van der Waals surface area contributed by atoms with E-state index in [4.69, 9.17) is 0 Å². The molecule has 0 saturated heterocycles. The molecule has 0 aromatic heterocycles. The summed E-state index contributed by atoms with van der Waals surface area (Å²) < 4.78 is 0. The zero-order valence-corrected chi connectivity index (χ0v) is 12.0. The molecule has 1 saturated carbocycles. The van der Waals surface area contributed by atoms with Crippen LogP contribution in [-0.2, 0) is 4.79 Å². The number of hydrogen-bond donors (Lipinski definition) is 2. The number of hydrogen-bond acceptors (Lipinski definition) is 3. The van der Waals surface area contributed by atoms with Crippen LogP contribution in [0.25, 0.3) is 0 Å². The number of carbonyl (C=O) groups is 1. The molecular weight excluding hydrogens is 228 g/mol. The number of rotatable bonds is 8. The van der Waals surface area contributed by atoms with Gasteiger partial charge < -0.3 is 15.3 Å². The van der Waals surface area contributed by atoms with Crippen LogP contribution >= 0.6 is 0 Å². The zero-order chi connectivity index (χ0) is 13.6. The van der Waals surface area contributed by atoms with Crippen molar-refractivity contribution in [2.24, 2.45) is 5.92 Å². The third-order valence-electron chi connectivity index (χ3n) is 4.38. The average Bonchev–Trinajstić information content (AvgIpc) is 2.75. The minimum absolute atomic E-state index is 0.274. The molecule has 1 rings (SSSR count). The van der Waals surface area contributed by atoms with Crippen molar-refractivity contribution in [3.63, 3.8) is 0 Å². The van der Waals surface area contributed by atoms with Crippen molar-refractivity contribution in [1.29, 1.82) is 0 Å². The summed E-state index contributed by atoms with van der Waals surface area (Å²) in [6.07, 6.45) is 3.84. The molecule has 0 amide bonds. The molecule has 0 radical (unpaired) electrons. The quantitative estimate of drug-likeness (QED) is 0.697. The van der Waals surface area contributed by atoms with Crippen molar-refractivity contribution in [1.82, 2.24) is 10.2 Å². The Hall–Kier alpha value is -0.610. The Labute approximate surface area is 111 Å². The number of nitrogens with one attached hydrogen (secondary N) is 1. The molecule has 1 fully saturated rings. The van der Waals surface area contributed by atoms with Crippen LogP contribution in [0, 0.1) is 5.92 Å². The summed E-state index contributed by atoms with van der Waals surface area (Å²) in [7, 11) is 0. The molecule has 0 aromatic carbocycles. The predicted octanol–water partition coefficient (Wildman–Crippen LogP) is 1.95. The summed E-state index contributed by atoms with van der Waals surface area (Å²) in [5, 5.41) is 12.8. The first-order valence-corrected chi connectivity index (χ1v) is 7.31. The van der Waals surface area contributed by atoms with Crippen LogP contribution in [0.1, 0.15) is 46.5 Å². The smallest absolute Gasteiger partial charge is 0.324 e. The van der Waals surface area contributed by atoms with E-state index in [1.165, 1.54) is 0 Å².